The molecule has 0 saturated heterocycles. The first-order valence-electron chi connectivity index (χ1n) is 14.7. The van der Waals surface area contributed by atoms with Gasteiger partial charge in [-0.05, 0) is 81.8 Å². The lowest BCUT2D eigenvalue weighted by Gasteiger charge is -2.19. The average molecular weight is 639 g/mol. The minimum atomic E-state index is -1.26. The van der Waals surface area contributed by atoms with Gasteiger partial charge in [0.2, 0.25) is 5.82 Å². The number of anilines is 1. The summed E-state index contributed by atoms with van der Waals surface area (Å²) in [5.74, 6) is -0.509. The molecular weight excluding hydrogens is 604 g/mol. The topological polar surface area (TPSA) is 166 Å². The van der Waals surface area contributed by atoms with Gasteiger partial charge in [0, 0.05) is 23.2 Å². The van der Waals surface area contributed by atoms with Crippen LogP contribution in [-0.2, 0) is 16.0 Å². The first kappa shape index (κ1) is 32.5. The van der Waals surface area contributed by atoms with Gasteiger partial charge >= 0.3 is 12.1 Å². The monoisotopic (exact) mass is 638 g/mol. The van der Waals surface area contributed by atoms with Crippen LogP contribution in [0.3, 0.4) is 0 Å². The van der Waals surface area contributed by atoms with Gasteiger partial charge in [-0.2, -0.15) is 4.98 Å². The molecule has 47 heavy (non-hydrogen) atoms. The number of carboxylic acid groups (broad SMARTS) is 1. The Morgan fingerprint density at radius 3 is 2.30 bits per heavy atom. The van der Waals surface area contributed by atoms with Crippen LogP contribution in [0.15, 0.2) is 87.8 Å². The van der Waals surface area contributed by atoms with Crippen LogP contribution in [0.1, 0.15) is 42.5 Å². The molecule has 2 aromatic heterocycles. The Hall–Kier alpha value is -5.91. The molecule has 3 aromatic carbocycles. The van der Waals surface area contributed by atoms with Crippen LogP contribution < -0.4 is 15.4 Å². The van der Waals surface area contributed by atoms with Crippen molar-refractivity contribution in [1.29, 1.82) is 0 Å². The summed E-state index contributed by atoms with van der Waals surface area (Å²) in [6.45, 7) is 7.30. The van der Waals surface area contributed by atoms with Gasteiger partial charge in [-0.3, -0.25) is 10.1 Å². The summed E-state index contributed by atoms with van der Waals surface area (Å²) in [5.41, 5.74) is 3.43. The van der Waals surface area contributed by atoms with E-state index in [0.29, 0.717) is 33.9 Å². The number of methoxy groups -OCH3 is 1. The molecule has 0 saturated carbocycles. The highest BCUT2D eigenvalue weighted by molar-refractivity contribution is 5.95. The smallest absolute Gasteiger partial charge is 0.412 e. The Morgan fingerprint density at radius 2 is 1.64 bits per heavy atom. The lowest BCUT2D eigenvalue weighted by Crippen LogP contribution is -2.42. The number of nitrogens with one attached hydrogen (secondary N) is 2. The van der Waals surface area contributed by atoms with Crippen LogP contribution in [0.2, 0.25) is 0 Å². The van der Waals surface area contributed by atoms with Crippen molar-refractivity contribution < 1.29 is 37.9 Å². The van der Waals surface area contributed by atoms with Crippen molar-refractivity contribution in [3.63, 3.8) is 0 Å². The van der Waals surface area contributed by atoms with Gasteiger partial charge in [-0.25, -0.2) is 9.59 Å². The van der Waals surface area contributed by atoms with Crippen LogP contribution in [0.5, 0.6) is 5.75 Å². The number of carboxylic acids is 1. The summed E-state index contributed by atoms with van der Waals surface area (Å²) in [4.78, 5) is 41.7. The molecule has 2 amide bonds. The van der Waals surface area contributed by atoms with Crippen molar-refractivity contribution in [2.45, 2.75) is 45.8 Å². The van der Waals surface area contributed by atoms with Crippen molar-refractivity contribution in [3.05, 3.63) is 95.7 Å². The maximum absolute atomic E-state index is 13.0. The highest BCUT2D eigenvalue weighted by Gasteiger charge is 2.25. The zero-order valence-electron chi connectivity index (χ0n) is 26.5. The number of carbonyl (C=O) groups is 3. The molecule has 0 spiro atoms. The molecule has 0 bridgehead atoms. The predicted molar refractivity (Wildman–Crippen MR) is 173 cm³/mol. The molecule has 1 unspecified atom stereocenters. The second-order valence-electron chi connectivity index (χ2n) is 11.8. The Balaban J connectivity index is 1.29. The number of aryl methyl sites for hydroxylation is 1. The second-order valence-corrected chi connectivity index (χ2v) is 11.8. The van der Waals surface area contributed by atoms with Crippen LogP contribution in [-0.4, -0.2) is 52.0 Å². The summed E-state index contributed by atoms with van der Waals surface area (Å²) in [7, 11) is 1.49. The Labute approximate surface area is 270 Å². The molecule has 12 heteroatoms. The molecule has 242 valence electrons. The van der Waals surface area contributed by atoms with Gasteiger partial charge in [-0.15, -0.1) is 0 Å². The summed E-state index contributed by atoms with van der Waals surface area (Å²) < 4.78 is 22.0. The van der Waals surface area contributed by atoms with E-state index in [2.05, 4.69) is 20.8 Å². The lowest BCUT2D eigenvalue weighted by atomic mass is 10.0. The highest BCUT2D eigenvalue weighted by atomic mass is 16.6. The zero-order chi connectivity index (χ0) is 33.7. The summed E-state index contributed by atoms with van der Waals surface area (Å²) in [6, 6.07) is 21.4. The van der Waals surface area contributed by atoms with E-state index < -0.39 is 29.6 Å². The number of ether oxygens (including phenoxy) is 2. The number of rotatable bonds is 10. The number of benzene rings is 3. The molecule has 12 nitrogen and oxygen atoms in total. The Morgan fingerprint density at radius 1 is 0.936 bits per heavy atom. The molecule has 3 N–H and O–H groups in total. The van der Waals surface area contributed by atoms with E-state index in [1.165, 1.54) is 13.2 Å². The molecule has 0 fully saturated rings. The van der Waals surface area contributed by atoms with Crippen LogP contribution in [0, 0.1) is 6.92 Å². The third-order valence-electron chi connectivity index (χ3n) is 6.92. The zero-order valence-corrected chi connectivity index (χ0v) is 26.5. The van der Waals surface area contributed by atoms with Crippen molar-refractivity contribution in [2.75, 3.05) is 12.4 Å². The van der Waals surface area contributed by atoms with E-state index in [-0.39, 0.29) is 23.9 Å². The van der Waals surface area contributed by atoms with Gasteiger partial charge in [0.25, 0.3) is 11.8 Å². The number of aliphatic carboxylic acids is 1. The van der Waals surface area contributed by atoms with Gasteiger partial charge in [-0.1, -0.05) is 41.1 Å². The highest BCUT2D eigenvalue weighted by Crippen LogP contribution is 2.31. The van der Waals surface area contributed by atoms with Gasteiger partial charge in [0.1, 0.15) is 23.2 Å². The Kier molecular flexibility index (Phi) is 9.41. The molecular formula is C35H34N4O8. The molecule has 0 radical (unpaired) electrons. The van der Waals surface area contributed by atoms with E-state index in [1.807, 2.05) is 31.2 Å². The maximum atomic E-state index is 13.0. The quantitative estimate of drug-likeness (QED) is 0.149. The van der Waals surface area contributed by atoms with E-state index in [1.54, 1.807) is 69.3 Å². The van der Waals surface area contributed by atoms with E-state index in [0.717, 1.165) is 11.1 Å². The van der Waals surface area contributed by atoms with Crippen molar-refractivity contribution >= 4 is 23.7 Å². The molecule has 5 aromatic rings. The second kappa shape index (κ2) is 13.6. The number of hydrogen-bond donors (Lipinski definition) is 3. The molecule has 0 aliphatic heterocycles. The maximum Gasteiger partial charge on any atom is 0.412 e. The summed E-state index contributed by atoms with van der Waals surface area (Å²) in [5, 5.41) is 19.3. The lowest BCUT2D eigenvalue weighted by molar-refractivity contribution is -0.139. The fraction of sp³-hybridized carbons (Fsp3) is 0.229. The number of amides is 2. The molecule has 0 aliphatic rings. The predicted octanol–water partition coefficient (Wildman–Crippen LogP) is 6.75. The first-order chi connectivity index (χ1) is 22.4. The van der Waals surface area contributed by atoms with Gasteiger partial charge in [0.15, 0.2) is 5.76 Å². The fourth-order valence-electron chi connectivity index (χ4n) is 4.62. The third kappa shape index (κ3) is 8.23. The van der Waals surface area contributed by atoms with Crippen molar-refractivity contribution in [3.8, 4) is 39.9 Å². The van der Waals surface area contributed by atoms with Gasteiger partial charge < -0.3 is 28.8 Å². The Bertz CT molecular complexity index is 1890. The SMILES string of the molecule is COc1ccc(CC(NC(=O)c2ccc(-c3ccc(C)cc3)o2)C(=O)O)cc1-c1noc(-c2ccc(NC(=O)OC(C)(C)C)cc2)n1. The van der Waals surface area contributed by atoms with Crippen molar-refractivity contribution in [1.82, 2.24) is 15.5 Å². The number of carbonyl (C=O) groups excluding carboxylic acids is 2. The van der Waals surface area contributed by atoms with Crippen LogP contribution >= 0.6 is 0 Å². The molecule has 2 heterocycles. The largest absolute Gasteiger partial charge is 0.496 e. The van der Waals surface area contributed by atoms with Crippen molar-refractivity contribution in [2.24, 2.45) is 0 Å². The minimum absolute atomic E-state index is 0.00442. The molecule has 0 aliphatic carbocycles. The normalized spacial score (nSPS) is 11.9. The number of nitrogens with zero attached hydrogens (tertiary/aromatic N) is 2. The average Bonchev–Trinajstić information content (AvgIpc) is 3.72. The van der Waals surface area contributed by atoms with Gasteiger partial charge in [0.05, 0.1) is 12.7 Å². The summed E-state index contributed by atoms with van der Waals surface area (Å²) in [6.07, 6.45) is -0.615. The summed E-state index contributed by atoms with van der Waals surface area (Å²) >= 11 is 0. The van der Waals surface area contributed by atoms with E-state index >= 15 is 0 Å². The standard InChI is InChI=1S/C35H34N4O8/c1-20-6-9-22(10-7-20)27-16-17-29(45-27)31(40)37-26(33(41)42)19-21-8-15-28(44-5)25(18-21)30-38-32(47-39-30)23-11-13-24(14-12-23)36-34(43)46-35(2,3)4/h6-18,26H,19H2,1-5H3,(H,36,43)(H,37,40)(H,41,42). The molecule has 5 rings (SSSR count). The number of aromatic nitrogens is 2. The van der Waals surface area contributed by atoms with Crippen LogP contribution in [0.25, 0.3) is 34.2 Å². The minimum Gasteiger partial charge on any atom is -0.496 e. The number of furan rings is 1. The van der Waals surface area contributed by atoms with Crippen LogP contribution in [0.4, 0.5) is 10.5 Å². The fourth-order valence-corrected chi connectivity index (χ4v) is 4.62. The first-order valence-corrected chi connectivity index (χ1v) is 14.7. The van der Waals surface area contributed by atoms with E-state index in [9.17, 15) is 19.5 Å². The third-order valence-corrected chi connectivity index (χ3v) is 6.92. The van der Waals surface area contributed by atoms with E-state index in [4.69, 9.17) is 18.4 Å². The number of hydrogen-bond acceptors (Lipinski definition) is 9. The molecule has 1 atom stereocenters.